The van der Waals surface area contributed by atoms with Gasteiger partial charge in [-0.05, 0) is 55.4 Å². The number of aromatic nitrogens is 3. The lowest BCUT2D eigenvalue weighted by atomic mass is 9.96. The quantitative estimate of drug-likeness (QED) is 0.596. The zero-order valence-electron chi connectivity index (χ0n) is 16.2. The van der Waals surface area contributed by atoms with Crippen molar-refractivity contribution in [1.82, 2.24) is 14.8 Å². The van der Waals surface area contributed by atoms with Crippen molar-refractivity contribution in [2.75, 3.05) is 11.1 Å². The lowest BCUT2D eigenvalue weighted by molar-refractivity contribution is -0.113. The number of nitrogens with one attached hydrogen (secondary N) is 1. The number of benzene rings is 1. The molecule has 2 aromatic heterocycles. The van der Waals surface area contributed by atoms with E-state index in [1.807, 2.05) is 47.2 Å². The zero-order chi connectivity index (χ0) is 19.5. The van der Waals surface area contributed by atoms with Crippen molar-refractivity contribution in [3.63, 3.8) is 0 Å². The van der Waals surface area contributed by atoms with Crippen molar-refractivity contribution in [3.05, 3.63) is 45.6 Å². The average Bonchev–Trinajstić information content (AvgIpc) is 3.30. The molecule has 0 aliphatic heterocycles. The molecule has 2 heterocycles. The largest absolute Gasteiger partial charge is 0.325 e. The summed E-state index contributed by atoms with van der Waals surface area (Å²) in [6.07, 6.45) is 5.83. The number of fused-ring (bicyclic) bond motifs is 1. The van der Waals surface area contributed by atoms with Crippen LogP contribution in [0.3, 0.4) is 0 Å². The molecule has 0 spiro atoms. The van der Waals surface area contributed by atoms with E-state index >= 15 is 0 Å². The van der Waals surface area contributed by atoms with E-state index in [0.717, 1.165) is 29.5 Å². The first-order valence-electron chi connectivity index (χ1n) is 9.66. The lowest BCUT2D eigenvalue weighted by Crippen LogP contribution is -2.14. The SMILES string of the molecule is CCc1ccc(NC(=O)CSc2nnc(-c3csc4c3CCCC4)n2C)cc1. The Morgan fingerprint density at radius 3 is 2.79 bits per heavy atom. The molecule has 0 bridgehead atoms. The molecular weight excluding hydrogens is 388 g/mol. The topological polar surface area (TPSA) is 59.8 Å². The fourth-order valence-corrected chi connectivity index (χ4v) is 5.34. The fourth-order valence-electron chi connectivity index (χ4n) is 3.51. The van der Waals surface area contributed by atoms with E-state index in [1.54, 1.807) is 0 Å². The van der Waals surface area contributed by atoms with Gasteiger partial charge in [0, 0.05) is 28.6 Å². The van der Waals surface area contributed by atoms with Gasteiger partial charge in [-0.3, -0.25) is 4.79 Å². The number of anilines is 1. The van der Waals surface area contributed by atoms with Crippen molar-refractivity contribution in [1.29, 1.82) is 0 Å². The number of carbonyl (C=O) groups excluding carboxylic acids is 1. The first-order chi connectivity index (χ1) is 13.7. The van der Waals surface area contributed by atoms with E-state index < -0.39 is 0 Å². The third kappa shape index (κ3) is 4.00. The van der Waals surface area contributed by atoms with Crippen molar-refractivity contribution in [2.24, 2.45) is 7.05 Å². The molecule has 28 heavy (non-hydrogen) atoms. The van der Waals surface area contributed by atoms with Crippen LogP contribution in [0.5, 0.6) is 0 Å². The van der Waals surface area contributed by atoms with Crippen molar-refractivity contribution < 1.29 is 4.79 Å². The van der Waals surface area contributed by atoms with E-state index in [9.17, 15) is 4.79 Å². The van der Waals surface area contributed by atoms with Gasteiger partial charge in [-0.1, -0.05) is 30.8 Å². The maximum absolute atomic E-state index is 12.3. The summed E-state index contributed by atoms with van der Waals surface area (Å²) in [7, 11) is 1.98. The molecule has 5 nitrogen and oxygen atoms in total. The van der Waals surface area contributed by atoms with Crippen LogP contribution in [0, 0.1) is 0 Å². The standard InChI is InChI=1S/C21H24N4OS2/c1-3-14-8-10-15(11-9-14)22-19(26)13-28-21-24-23-20(25(21)2)17-12-27-18-7-5-4-6-16(17)18/h8-12H,3-7,13H2,1-2H3,(H,22,26). The van der Waals surface area contributed by atoms with Crippen molar-refractivity contribution in [3.8, 4) is 11.4 Å². The van der Waals surface area contributed by atoms with Crippen LogP contribution in [0.2, 0.25) is 0 Å². The molecule has 1 aromatic carbocycles. The molecule has 0 unspecified atom stereocenters. The molecule has 0 saturated carbocycles. The Morgan fingerprint density at radius 1 is 1.21 bits per heavy atom. The summed E-state index contributed by atoms with van der Waals surface area (Å²) in [5, 5.41) is 14.7. The second kappa shape index (κ2) is 8.49. The van der Waals surface area contributed by atoms with Crippen LogP contribution in [0.1, 0.15) is 35.8 Å². The lowest BCUT2D eigenvalue weighted by Gasteiger charge is -2.12. The van der Waals surface area contributed by atoms with E-state index in [2.05, 4.69) is 27.8 Å². The first-order valence-corrected chi connectivity index (χ1v) is 11.5. The van der Waals surface area contributed by atoms with Crippen LogP contribution in [0.15, 0.2) is 34.8 Å². The predicted molar refractivity (Wildman–Crippen MR) is 116 cm³/mol. The van der Waals surface area contributed by atoms with E-state index in [1.165, 1.54) is 52.6 Å². The van der Waals surface area contributed by atoms with Gasteiger partial charge >= 0.3 is 0 Å². The maximum Gasteiger partial charge on any atom is 0.234 e. The summed E-state index contributed by atoms with van der Waals surface area (Å²) in [4.78, 5) is 13.8. The molecule has 7 heteroatoms. The highest BCUT2D eigenvalue weighted by molar-refractivity contribution is 7.99. The van der Waals surface area contributed by atoms with Crippen molar-refractivity contribution >= 4 is 34.7 Å². The van der Waals surface area contributed by atoms with Gasteiger partial charge in [0.2, 0.25) is 5.91 Å². The Morgan fingerprint density at radius 2 is 2.00 bits per heavy atom. The molecule has 1 N–H and O–H groups in total. The second-order valence-electron chi connectivity index (χ2n) is 7.01. The van der Waals surface area contributed by atoms with Crippen LogP contribution < -0.4 is 5.32 Å². The molecule has 3 aromatic rings. The number of hydrogen-bond acceptors (Lipinski definition) is 5. The molecular formula is C21H24N4OS2. The fraction of sp³-hybridized carbons (Fsp3) is 0.381. The molecule has 1 aliphatic carbocycles. The number of nitrogens with zero attached hydrogens (tertiary/aromatic N) is 3. The van der Waals surface area contributed by atoms with Gasteiger partial charge in [0.25, 0.3) is 0 Å². The molecule has 4 rings (SSSR count). The minimum atomic E-state index is -0.0355. The Labute approximate surface area is 173 Å². The maximum atomic E-state index is 12.3. The summed E-state index contributed by atoms with van der Waals surface area (Å²) in [6, 6.07) is 7.97. The number of thiophene rings is 1. The molecule has 0 atom stereocenters. The summed E-state index contributed by atoms with van der Waals surface area (Å²) >= 11 is 3.25. The Kier molecular flexibility index (Phi) is 5.82. The number of rotatable bonds is 6. The minimum absolute atomic E-state index is 0.0355. The van der Waals surface area contributed by atoms with Crippen LogP contribution in [0.25, 0.3) is 11.4 Å². The van der Waals surface area contributed by atoms with Crippen molar-refractivity contribution in [2.45, 2.75) is 44.2 Å². The van der Waals surface area contributed by atoms with E-state index in [-0.39, 0.29) is 5.91 Å². The van der Waals surface area contributed by atoms with Gasteiger partial charge in [-0.25, -0.2) is 0 Å². The molecule has 0 radical (unpaired) electrons. The number of thioether (sulfide) groups is 1. The molecule has 0 fully saturated rings. The number of carbonyl (C=O) groups is 1. The molecule has 1 aliphatic rings. The van der Waals surface area contributed by atoms with Crippen LogP contribution in [-0.2, 0) is 31.1 Å². The van der Waals surface area contributed by atoms with E-state index in [4.69, 9.17) is 0 Å². The third-order valence-electron chi connectivity index (χ3n) is 5.12. The van der Waals surface area contributed by atoms with Gasteiger partial charge < -0.3 is 9.88 Å². The van der Waals surface area contributed by atoms with Gasteiger partial charge in [-0.15, -0.1) is 21.5 Å². The second-order valence-corrected chi connectivity index (χ2v) is 8.92. The predicted octanol–water partition coefficient (Wildman–Crippen LogP) is 4.72. The average molecular weight is 413 g/mol. The van der Waals surface area contributed by atoms with Crippen LogP contribution in [0.4, 0.5) is 5.69 Å². The smallest absolute Gasteiger partial charge is 0.234 e. The zero-order valence-corrected chi connectivity index (χ0v) is 17.8. The summed E-state index contributed by atoms with van der Waals surface area (Å²) in [5.74, 6) is 1.17. The molecule has 146 valence electrons. The normalized spacial score (nSPS) is 13.4. The molecule has 1 amide bonds. The Bertz CT molecular complexity index is 975. The van der Waals surface area contributed by atoms with Crippen LogP contribution >= 0.6 is 23.1 Å². The first kappa shape index (κ1) is 19.2. The van der Waals surface area contributed by atoms with Gasteiger partial charge in [0.1, 0.15) is 0 Å². The monoisotopic (exact) mass is 412 g/mol. The summed E-state index contributed by atoms with van der Waals surface area (Å²) < 4.78 is 2.00. The number of aryl methyl sites for hydroxylation is 2. The summed E-state index contributed by atoms with van der Waals surface area (Å²) in [5.41, 5.74) is 4.74. The number of hydrogen-bond donors (Lipinski definition) is 1. The van der Waals surface area contributed by atoms with Gasteiger partial charge in [-0.2, -0.15) is 0 Å². The van der Waals surface area contributed by atoms with E-state index in [0.29, 0.717) is 5.75 Å². The summed E-state index contributed by atoms with van der Waals surface area (Å²) in [6.45, 7) is 2.12. The Hall–Kier alpha value is -2.12. The third-order valence-corrected chi connectivity index (χ3v) is 7.22. The number of amides is 1. The highest BCUT2D eigenvalue weighted by Crippen LogP contribution is 2.36. The van der Waals surface area contributed by atoms with Gasteiger partial charge in [0.15, 0.2) is 11.0 Å². The van der Waals surface area contributed by atoms with Gasteiger partial charge in [0.05, 0.1) is 5.75 Å². The highest BCUT2D eigenvalue weighted by atomic mass is 32.2. The van der Waals surface area contributed by atoms with Crippen LogP contribution in [-0.4, -0.2) is 26.4 Å². The molecule has 0 saturated heterocycles. The minimum Gasteiger partial charge on any atom is -0.325 e. The Balaban J connectivity index is 1.40. The highest BCUT2D eigenvalue weighted by Gasteiger charge is 2.21.